The fraction of sp³-hybridized carbons (Fsp3) is 0.263. The van der Waals surface area contributed by atoms with Crippen LogP contribution in [0.5, 0.6) is 0 Å². The highest BCUT2D eigenvalue weighted by Gasteiger charge is 2.30. The summed E-state index contributed by atoms with van der Waals surface area (Å²) in [6.45, 7) is 2.55. The lowest BCUT2D eigenvalue weighted by Crippen LogP contribution is -2.45. The van der Waals surface area contributed by atoms with E-state index in [4.69, 9.17) is 9.88 Å². The van der Waals surface area contributed by atoms with Crippen LogP contribution in [0.1, 0.15) is 13.8 Å². The van der Waals surface area contributed by atoms with Gasteiger partial charge in [0, 0.05) is 5.69 Å². The molecule has 10 nitrogen and oxygen atoms in total. The third-order valence-corrected chi connectivity index (χ3v) is 6.42. The molecule has 0 saturated heterocycles. The van der Waals surface area contributed by atoms with E-state index in [0.29, 0.717) is 0 Å². The van der Waals surface area contributed by atoms with Crippen LogP contribution in [-0.4, -0.2) is 41.4 Å². The summed E-state index contributed by atoms with van der Waals surface area (Å²) in [4.78, 5) is 24.3. The highest BCUT2D eigenvalue weighted by atomic mass is 32.2. The summed E-state index contributed by atoms with van der Waals surface area (Å²) in [6.07, 6.45) is 0. The number of sulfonamides is 2. The van der Waals surface area contributed by atoms with Crippen molar-refractivity contribution in [1.82, 2.24) is 4.72 Å². The average Bonchev–Trinajstić information content (AvgIpc) is 2.70. The number of anilines is 1. The zero-order chi connectivity index (χ0) is 23.2. The molecule has 0 unspecified atom stereocenters. The second kappa shape index (κ2) is 10.0. The summed E-state index contributed by atoms with van der Waals surface area (Å²) >= 11 is 0. The van der Waals surface area contributed by atoms with Crippen LogP contribution in [0.3, 0.4) is 0 Å². The maximum atomic E-state index is 12.5. The number of carbonyl (C=O) groups is 2. The molecule has 2 aromatic carbocycles. The van der Waals surface area contributed by atoms with E-state index in [9.17, 15) is 26.4 Å². The van der Waals surface area contributed by atoms with E-state index in [-0.39, 0.29) is 15.5 Å². The molecule has 0 radical (unpaired) electrons. The number of primary sulfonamides is 1. The molecule has 0 fully saturated rings. The number of benzene rings is 2. The van der Waals surface area contributed by atoms with Crippen molar-refractivity contribution in [2.45, 2.75) is 29.7 Å². The molecular weight excluding hydrogens is 446 g/mol. The number of nitrogens with one attached hydrogen (secondary N) is 2. The van der Waals surface area contributed by atoms with Crippen LogP contribution >= 0.6 is 0 Å². The standard InChI is InChI=1S/C19H23N3O7S2/c1-13(2)18(22-31(27,28)15-8-4-3-5-9-15)19(24)29-12-17(23)21-14-7-6-10-16(11-14)30(20,25)26/h3-11,13,18,22H,12H2,1-2H3,(H,21,23)(H2,20,25,26)/t18-/m0/s1. The molecule has 0 spiro atoms. The fourth-order valence-corrected chi connectivity index (χ4v) is 4.38. The molecule has 0 aliphatic carbocycles. The Hall–Kier alpha value is -2.80. The van der Waals surface area contributed by atoms with Crippen LogP contribution in [0.25, 0.3) is 0 Å². The highest BCUT2D eigenvalue weighted by molar-refractivity contribution is 7.89. The van der Waals surface area contributed by atoms with Crippen molar-refractivity contribution >= 4 is 37.6 Å². The first-order valence-corrected chi connectivity index (χ1v) is 12.1. The van der Waals surface area contributed by atoms with E-state index in [1.807, 2.05) is 0 Å². The van der Waals surface area contributed by atoms with Gasteiger partial charge in [-0.1, -0.05) is 38.1 Å². The molecule has 0 heterocycles. The molecule has 0 bridgehead atoms. The van der Waals surface area contributed by atoms with Gasteiger partial charge in [-0.15, -0.1) is 0 Å². The second-order valence-corrected chi connectivity index (χ2v) is 10.2. The molecule has 2 aromatic rings. The number of rotatable bonds is 9. The molecule has 31 heavy (non-hydrogen) atoms. The van der Waals surface area contributed by atoms with E-state index >= 15 is 0 Å². The smallest absolute Gasteiger partial charge is 0.324 e. The number of esters is 1. The predicted octanol–water partition coefficient (Wildman–Crippen LogP) is 0.819. The van der Waals surface area contributed by atoms with Crippen LogP contribution in [0.15, 0.2) is 64.4 Å². The third-order valence-electron chi connectivity index (χ3n) is 4.05. The van der Waals surface area contributed by atoms with Gasteiger partial charge in [0.2, 0.25) is 20.0 Å². The van der Waals surface area contributed by atoms with Gasteiger partial charge in [-0.25, -0.2) is 22.0 Å². The van der Waals surface area contributed by atoms with Gasteiger partial charge in [0.05, 0.1) is 9.79 Å². The van der Waals surface area contributed by atoms with Crippen LogP contribution < -0.4 is 15.2 Å². The Labute approximate surface area is 180 Å². The maximum absolute atomic E-state index is 12.5. The zero-order valence-corrected chi connectivity index (χ0v) is 18.4. The molecule has 0 saturated carbocycles. The number of hydrogen-bond acceptors (Lipinski definition) is 7. The summed E-state index contributed by atoms with van der Waals surface area (Å²) in [6, 6.07) is 11.5. The normalized spacial score (nSPS) is 12.9. The van der Waals surface area contributed by atoms with Crippen molar-refractivity contribution in [2.24, 2.45) is 11.1 Å². The molecule has 12 heteroatoms. The number of nitrogens with two attached hydrogens (primary N) is 1. The van der Waals surface area contributed by atoms with Gasteiger partial charge in [0.15, 0.2) is 6.61 Å². The number of carbonyl (C=O) groups excluding carboxylic acids is 2. The van der Waals surface area contributed by atoms with Crippen molar-refractivity contribution in [3.8, 4) is 0 Å². The molecule has 1 amide bonds. The Balaban J connectivity index is 2.01. The minimum Gasteiger partial charge on any atom is -0.454 e. The first-order valence-electron chi connectivity index (χ1n) is 9.07. The molecule has 1 atom stereocenters. The monoisotopic (exact) mass is 469 g/mol. The van der Waals surface area contributed by atoms with E-state index in [1.54, 1.807) is 32.0 Å². The molecule has 4 N–H and O–H groups in total. The van der Waals surface area contributed by atoms with Crippen molar-refractivity contribution < 1.29 is 31.2 Å². The Bertz CT molecular complexity index is 1150. The summed E-state index contributed by atoms with van der Waals surface area (Å²) in [5.41, 5.74) is 0.137. The Morgan fingerprint density at radius 3 is 2.16 bits per heavy atom. The number of amides is 1. The minimum atomic E-state index is -3.98. The zero-order valence-electron chi connectivity index (χ0n) is 16.8. The Kier molecular flexibility index (Phi) is 7.90. The molecule has 0 aliphatic rings. The fourth-order valence-electron chi connectivity index (χ4n) is 2.47. The first kappa shape index (κ1) is 24.5. The van der Waals surface area contributed by atoms with Gasteiger partial charge < -0.3 is 10.1 Å². The van der Waals surface area contributed by atoms with Crippen LogP contribution in [0, 0.1) is 5.92 Å². The Morgan fingerprint density at radius 2 is 1.58 bits per heavy atom. The summed E-state index contributed by atoms with van der Waals surface area (Å²) in [5, 5.41) is 7.42. The number of hydrogen-bond donors (Lipinski definition) is 3. The van der Waals surface area contributed by atoms with Crippen molar-refractivity contribution in [3.63, 3.8) is 0 Å². The van der Waals surface area contributed by atoms with Crippen LogP contribution in [0.4, 0.5) is 5.69 Å². The van der Waals surface area contributed by atoms with Crippen molar-refractivity contribution in [2.75, 3.05) is 11.9 Å². The van der Waals surface area contributed by atoms with Gasteiger partial charge >= 0.3 is 5.97 Å². The number of ether oxygens (including phenoxy) is 1. The minimum absolute atomic E-state index is 0.0130. The van der Waals surface area contributed by atoms with Crippen molar-refractivity contribution in [3.05, 3.63) is 54.6 Å². The van der Waals surface area contributed by atoms with Gasteiger partial charge in [-0.3, -0.25) is 9.59 Å². The topological polar surface area (TPSA) is 162 Å². The second-order valence-electron chi connectivity index (χ2n) is 6.88. The molecule has 0 aliphatic heterocycles. The quantitative estimate of drug-likeness (QED) is 0.458. The SMILES string of the molecule is CC(C)[C@H](NS(=O)(=O)c1ccccc1)C(=O)OCC(=O)Nc1cccc(S(N)(=O)=O)c1. The summed E-state index contributed by atoms with van der Waals surface area (Å²) in [7, 11) is -7.93. The lowest BCUT2D eigenvalue weighted by molar-refractivity contribution is -0.150. The molecular formula is C19H23N3O7S2. The van der Waals surface area contributed by atoms with Gasteiger partial charge in [0.25, 0.3) is 5.91 Å². The van der Waals surface area contributed by atoms with Gasteiger partial charge in [-0.05, 0) is 36.2 Å². The maximum Gasteiger partial charge on any atom is 0.324 e. The lowest BCUT2D eigenvalue weighted by Gasteiger charge is -2.20. The molecule has 0 aromatic heterocycles. The molecule has 2 rings (SSSR count). The van der Waals surface area contributed by atoms with E-state index < -0.39 is 50.5 Å². The Morgan fingerprint density at radius 1 is 0.968 bits per heavy atom. The highest BCUT2D eigenvalue weighted by Crippen LogP contribution is 2.15. The van der Waals surface area contributed by atoms with Crippen molar-refractivity contribution in [1.29, 1.82) is 0 Å². The predicted molar refractivity (Wildman–Crippen MR) is 113 cm³/mol. The van der Waals surface area contributed by atoms with Gasteiger partial charge in [-0.2, -0.15) is 4.72 Å². The summed E-state index contributed by atoms with van der Waals surface area (Å²) in [5.74, 6) is -2.13. The van der Waals surface area contributed by atoms with Gasteiger partial charge in [0.1, 0.15) is 6.04 Å². The van der Waals surface area contributed by atoms with E-state index in [1.165, 1.54) is 30.3 Å². The van der Waals surface area contributed by atoms with E-state index in [2.05, 4.69) is 10.0 Å². The van der Waals surface area contributed by atoms with E-state index in [0.717, 1.165) is 6.07 Å². The summed E-state index contributed by atoms with van der Waals surface area (Å²) < 4.78 is 55.0. The average molecular weight is 470 g/mol. The largest absolute Gasteiger partial charge is 0.454 e. The third kappa shape index (κ3) is 7.14. The van der Waals surface area contributed by atoms with Crippen LogP contribution in [-0.2, 0) is 34.4 Å². The lowest BCUT2D eigenvalue weighted by atomic mass is 10.1. The molecule has 168 valence electrons. The first-order chi connectivity index (χ1) is 14.4. The van der Waals surface area contributed by atoms with Crippen LogP contribution in [0.2, 0.25) is 0 Å².